The van der Waals surface area contributed by atoms with Gasteiger partial charge >= 0.3 is 5.97 Å². The lowest BCUT2D eigenvalue weighted by molar-refractivity contribution is -0.142. The number of fused-ring (bicyclic) bond motifs is 1. The molecule has 0 unspecified atom stereocenters. The van der Waals surface area contributed by atoms with Crippen LogP contribution in [0.4, 0.5) is 4.39 Å². The van der Waals surface area contributed by atoms with Crippen LogP contribution in [0.3, 0.4) is 0 Å². The van der Waals surface area contributed by atoms with Gasteiger partial charge in [0.25, 0.3) is 0 Å². The number of phenolic OH excluding ortho intramolecular Hbond substituents is 1. The van der Waals surface area contributed by atoms with E-state index in [0.29, 0.717) is 35.4 Å². The fraction of sp³-hybridized carbons (Fsp3) is 0.273. The molecular weight excluding hydrogens is 377 g/mol. The number of hydrogen-bond donors (Lipinski definition) is 2. The van der Waals surface area contributed by atoms with E-state index in [2.05, 4.69) is 0 Å². The Morgan fingerprint density at radius 2 is 1.97 bits per heavy atom. The van der Waals surface area contributed by atoms with Crippen LogP contribution >= 0.6 is 0 Å². The lowest BCUT2D eigenvalue weighted by Crippen LogP contribution is -2.35. The van der Waals surface area contributed by atoms with Gasteiger partial charge in [0.1, 0.15) is 29.0 Å². The van der Waals surface area contributed by atoms with Crippen LogP contribution in [0.5, 0.6) is 5.75 Å². The van der Waals surface area contributed by atoms with E-state index >= 15 is 0 Å². The van der Waals surface area contributed by atoms with Gasteiger partial charge in [0, 0.05) is 6.54 Å². The monoisotopic (exact) mass is 397 g/mol. The average molecular weight is 397 g/mol. The molecule has 2 aromatic carbocycles. The highest BCUT2D eigenvalue weighted by Gasteiger charge is 2.31. The number of rotatable bonds is 4. The SMILES string of the molecule is Cc1oc2c(CN3CCC[C@H]3C(=O)O)c(O)ccc2c(=O)c1-c1ccc(F)cc1. The molecule has 1 aliphatic heterocycles. The van der Waals surface area contributed by atoms with Crippen LogP contribution < -0.4 is 5.43 Å². The molecule has 2 heterocycles. The molecule has 0 spiro atoms. The summed E-state index contributed by atoms with van der Waals surface area (Å²) in [6, 6.07) is 7.87. The van der Waals surface area contributed by atoms with Crippen molar-refractivity contribution in [3.63, 3.8) is 0 Å². The van der Waals surface area contributed by atoms with Gasteiger partial charge in [-0.2, -0.15) is 0 Å². The summed E-state index contributed by atoms with van der Waals surface area (Å²) >= 11 is 0. The Hall–Kier alpha value is -3.19. The number of carboxylic acids is 1. The topological polar surface area (TPSA) is 91.0 Å². The third kappa shape index (κ3) is 3.38. The largest absolute Gasteiger partial charge is 0.507 e. The maximum absolute atomic E-state index is 13.3. The van der Waals surface area contributed by atoms with Gasteiger partial charge in [0.15, 0.2) is 0 Å². The molecule has 4 rings (SSSR count). The predicted molar refractivity (Wildman–Crippen MR) is 105 cm³/mol. The van der Waals surface area contributed by atoms with Crippen molar-refractivity contribution < 1.29 is 23.8 Å². The van der Waals surface area contributed by atoms with Crippen LogP contribution in [-0.2, 0) is 11.3 Å². The van der Waals surface area contributed by atoms with E-state index in [1.807, 2.05) is 0 Å². The molecule has 0 saturated carbocycles. The van der Waals surface area contributed by atoms with Crippen LogP contribution in [0.15, 0.2) is 45.6 Å². The Bertz CT molecular complexity index is 1150. The maximum atomic E-state index is 13.3. The van der Waals surface area contributed by atoms with E-state index in [1.165, 1.54) is 36.4 Å². The number of aryl methyl sites for hydroxylation is 1. The smallest absolute Gasteiger partial charge is 0.320 e. The van der Waals surface area contributed by atoms with Gasteiger partial charge in [-0.1, -0.05) is 12.1 Å². The summed E-state index contributed by atoms with van der Waals surface area (Å²) in [7, 11) is 0. The molecule has 1 fully saturated rings. The van der Waals surface area contributed by atoms with Crippen molar-refractivity contribution in [3.8, 4) is 16.9 Å². The highest BCUT2D eigenvalue weighted by molar-refractivity contribution is 5.86. The van der Waals surface area contributed by atoms with Gasteiger partial charge in [-0.3, -0.25) is 14.5 Å². The molecule has 1 atom stereocenters. The van der Waals surface area contributed by atoms with Gasteiger partial charge in [-0.05, 0) is 56.1 Å². The minimum atomic E-state index is -0.904. The lowest BCUT2D eigenvalue weighted by atomic mass is 10.0. The summed E-state index contributed by atoms with van der Waals surface area (Å²) in [4.78, 5) is 26.4. The first-order chi connectivity index (χ1) is 13.9. The van der Waals surface area contributed by atoms with Crippen molar-refractivity contribution >= 4 is 16.9 Å². The number of likely N-dealkylation sites (tertiary alicyclic amines) is 1. The highest BCUT2D eigenvalue weighted by Crippen LogP contribution is 2.32. The van der Waals surface area contributed by atoms with Gasteiger partial charge in [0.2, 0.25) is 5.43 Å². The molecule has 2 N–H and O–H groups in total. The zero-order valence-corrected chi connectivity index (χ0v) is 15.8. The Morgan fingerprint density at radius 1 is 1.24 bits per heavy atom. The molecule has 0 bridgehead atoms. The number of aromatic hydroxyl groups is 1. The number of benzene rings is 2. The second-order valence-electron chi connectivity index (χ2n) is 7.28. The number of phenols is 1. The summed E-state index contributed by atoms with van der Waals surface area (Å²) in [5.74, 6) is -1.01. The molecule has 150 valence electrons. The normalized spacial score (nSPS) is 17.1. The first-order valence-corrected chi connectivity index (χ1v) is 9.38. The van der Waals surface area contributed by atoms with Gasteiger partial charge in [0.05, 0.1) is 16.5 Å². The Kier molecular flexibility index (Phi) is 4.84. The molecule has 3 aromatic rings. The first-order valence-electron chi connectivity index (χ1n) is 9.38. The van der Waals surface area contributed by atoms with Crippen LogP contribution in [0.2, 0.25) is 0 Å². The van der Waals surface area contributed by atoms with Crippen LogP contribution in [0.1, 0.15) is 24.2 Å². The second-order valence-corrected chi connectivity index (χ2v) is 7.28. The molecule has 0 amide bonds. The minimum absolute atomic E-state index is 0.0504. The zero-order chi connectivity index (χ0) is 20.7. The maximum Gasteiger partial charge on any atom is 0.320 e. The van der Waals surface area contributed by atoms with Crippen LogP contribution in [0.25, 0.3) is 22.1 Å². The summed E-state index contributed by atoms with van der Waals surface area (Å²) in [6.45, 7) is 2.39. The molecule has 1 saturated heterocycles. The summed E-state index contributed by atoms with van der Waals surface area (Å²) < 4.78 is 19.2. The van der Waals surface area contributed by atoms with Gasteiger partial charge < -0.3 is 14.6 Å². The molecule has 29 heavy (non-hydrogen) atoms. The van der Waals surface area contributed by atoms with E-state index in [4.69, 9.17) is 4.42 Å². The zero-order valence-electron chi connectivity index (χ0n) is 15.8. The number of hydrogen-bond acceptors (Lipinski definition) is 5. The number of carbonyl (C=O) groups is 1. The number of halogens is 1. The summed E-state index contributed by atoms with van der Waals surface area (Å²) in [5, 5.41) is 20.1. The van der Waals surface area contributed by atoms with Crippen molar-refractivity contribution in [2.24, 2.45) is 0 Å². The number of aliphatic carboxylic acids is 1. The Balaban J connectivity index is 1.85. The molecule has 7 heteroatoms. The molecule has 0 aliphatic carbocycles. The molecule has 1 aromatic heterocycles. The van der Waals surface area contributed by atoms with Crippen molar-refractivity contribution in [2.45, 2.75) is 32.4 Å². The third-order valence-corrected chi connectivity index (χ3v) is 5.46. The van der Waals surface area contributed by atoms with E-state index in [9.17, 15) is 24.2 Å². The van der Waals surface area contributed by atoms with Gasteiger partial charge in [-0.15, -0.1) is 0 Å². The predicted octanol–water partition coefficient (Wildman–Crippen LogP) is 3.66. The highest BCUT2D eigenvalue weighted by atomic mass is 19.1. The van der Waals surface area contributed by atoms with Gasteiger partial charge in [-0.25, -0.2) is 4.39 Å². The first kappa shape index (κ1) is 19.1. The quantitative estimate of drug-likeness (QED) is 0.698. The molecular formula is C22H20FNO5. The molecule has 1 aliphatic rings. The van der Waals surface area contributed by atoms with Crippen molar-refractivity contribution in [2.75, 3.05) is 6.54 Å². The third-order valence-electron chi connectivity index (χ3n) is 5.46. The number of nitrogens with zero attached hydrogens (tertiary/aromatic N) is 1. The summed E-state index contributed by atoms with van der Waals surface area (Å²) in [5.41, 5.74) is 1.22. The second kappa shape index (κ2) is 7.33. The summed E-state index contributed by atoms with van der Waals surface area (Å²) in [6.07, 6.45) is 1.29. The van der Waals surface area contributed by atoms with Crippen LogP contribution in [0, 0.1) is 12.7 Å². The Morgan fingerprint density at radius 3 is 2.66 bits per heavy atom. The average Bonchev–Trinajstić information content (AvgIpc) is 3.14. The van der Waals surface area contributed by atoms with E-state index in [1.54, 1.807) is 11.8 Å². The standard InChI is InChI=1S/C22H20FNO5/c1-12-19(13-4-6-14(23)7-5-13)20(26)15-8-9-18(25)16(21(15)29-12)11-24-10-2-3-17(24)22(27)28/h4-9,17,25H,2-3,10-11H2,1H3,(H,27,28)/t17-/m0/s1. The van der Waals surface area contributed by atoms with Crippen molar-refractivity contribution in [3.05, 3.63) is 63.8 Å². The minimum Gasteiger partial charge on any atom is -0.507 e. The van der Waals surface area contributed by atoms with E-state index in [0.717, 1.165) is 6.42 Å². The number of carboxylic acid groups (broad SMARTS) is 1. The van der Waals surface area contributed by atoms with Crippen molar-refractivity contribution in [1.29, 1.82) is 0 Å². The molecule has 6 nitrogen and oxygen atoms in total. The Labute approximate surface area is 165 Å². The van der Waals surface area contributed by atoms with Crippen molar-refractivity contribution in [1.82, 2.24) is 4.90 Å². The van der Waals surface area contributed by atoms with Crippen LogP contribution in [-0.4, -0.2) is 33.7 Å². The van der Waals surface area contributed by atoms with E-state index in [-0.39, 0.29) is 28.7 Å². The fourth-order valence-corrected chi connectivity index (χ4v) is 4.01. The lowest BCUT2D eigenvalue weighted by Gasteiger charge is -2.22. The molecule has 0 radical (unpaired) electrons. The van der Waals surface area contributed by atoms with E-state index < -0.39 is 17.8 Å². The fourth-order valence-electron chi connectivity index (χ4n) is 4.01.